The van der Waals surface area contributed by atoms with Crippen LogP contribution in [0, 0.1) is 0 Å². The van der Waals surface area contributed by atoms with E-state index in [1.165, 1.54) is 10.4 Å². The van der Waals surface area contributed by atoms with Gasteiger partial charge in [0.05, 0.1) is 11.4 Å². The van der Waals surface area contributed by atoms with Gasteiger partial charge >= 0.3 is 6.09 Å². The molecule has 9 nitrogen and oxygen atoms in total. The van der Waals surface area contributed by atoms with E-state index in [-0.39, 0.29) is 17.9 Å². The minimum absolute atomic E-state index is 0.0292. The Morgan fingerprint density at radius 3 is 2.26 bits per heavy atom. The Balaban J connectivity index is 2.03. The Kier molecular flexibility index (Phi) is 8.79. The highest BCUT2D eigenvalue weighted by Gasteiger charge is 2.35. The third-order valence-corrected chi connectivity index (χ3v) is 9.09. The fourth-order valence-corrected chi connectivity index (χ4v) is 6.68. The SMILES string of the molecule is CCc1nc2c(C(Cc3ccccc3)S(=O)(=O)N(CC)CC)cc(NC(=O)O)nc2nc1-c1ccc(Cl)cc1. The highest BCUT2D eigenvalue weighted by molar-refractivity contribution is 7.89. The molecule has 2 heterocycles. The molecule has 0 aliphatic rings. The number of carboxylic acid groups (broad SMARTS) is 1. The zero-order valence-electron chi connectivity index (χ0n) is 21.9. The first-order valence-electron chi connectivity index (χ1n) is 12.7. The maximum atomic E-state index is 14.1. The molecule has 0 radical (unpaired) electrons. The Morgan fingerprint density at radius 1 is 1.00 bits per heavy atom. The summed E-state index contributed by atoms with van der Waals surface area (Å²) >= 11 is 6.08. The summed E-state index contributed by atoms with van der Waals surface area (Å²) in [5.41, 5.74) is 3.61. The van der Waals surface area contributed by atoms with E-state index < -0.39 is 21.4 Å². The standard InChI is InChI=1S/C28H30ClN5O4S/c1-4-22-25(19-12-14-20(29)15-13-19)33-27-26(30-22)21(17-24(31-27)32-28(35)36)23(16-18-10-8-7-9-11-18)39(37,38)34(5-2)6-3/h7-15,17,23H,4-6,16H2,1-3H3,(H,35,36)(H,31,32,33). The Morgan fingerprint density at radius 2 is 1.67 bits per heavy atom. The summed E-state index contributed by atoms with van der Waals surface area (Å²) in [6.07, 6.45) is -0.635. The normalized spacial score (nSPS) is 12.5. The summed E-state index contributed by atoms with van der Waals surface area (Å²) in [4.78, 5) is 25.6. The number of hydrogen-bond donors (Lipinski definition) is 2. The smallest absolute Gasteiger partial charge is 0.410 e. The quantitative estimate of drug-likeness (QED) is 0.242. The van der Waals surface area contributed by atoms with Crippen LogP contribution in [-0.2, 0) is 22.9 Å². The Hall–Kier alpha value is -3.60. The van der Waals surface area contributed by atoms with Crippen molar-refractivity contribution in [3.05, 3.63) is 82.5 Å². The van der Waals surface area contributed by atoms with Crippen molar-refractivity contribution in [1.29, 1.82) is 0 Å². The monoisotopic (exact) mass is 567 g/mol. The average molecular weight is 568 g/mol. The summed E-state index contributed by atoms with van der Waals surface area (Å²) < 4.78 is 29.5. The van der Waals surface area contributed by atoms with Crippen LogP contribution in [0.1, 0.15) is 42.8 Å². The predicted molar refractivity (Wildman–Crippen MR) is 154 cm³/mol. The number of fused-ring (bicyclic) bond motifs is 1. The topological polar surface area (TPSA) is 125 Å². The highest BCUT2D eigenvalue weighted by atomic mass is 35.5. The van der Waals surface area contributed by atoms with E-state index in [1.54, 1.807) is 26.0 Å². The number of nitrogens with zero attached hydrogens (tertiary/aromatic N) is 4. The molecule has 0 spiro atoms. The predicted octanol–water partition coefficient (Wildman–Crippen LogP) is 5.95. The lowest BCUT2D eigenvalue weighted by molar-refractivity contribution is 0.209. The second kappa shape index (κ2) is 12.1. The van der Waals surface area contributed by atoms with Gasteiger partial charge in [0.15, 0.2) is 5.65 Å². The molecule has 39 heavy (non-hydrogen) atoms. The third-order valence-electron chi connectivity index (χ3n) is 6.46. The first-order chi connectivity index (χ1) is 18.7. The molecule has 0 bridgehead atoms. The Labute approximate surface area is 233 Å². The van der Waals surface area contributed by atoms with Gasteiger partial charge in [0, 0.05) is 29.2 Å². The number of aryl methyl sites for hydroxylation is 1. The number of carbonyl (C=O) groups is 1. The molecule has 1 amide bonds. The lowest BCUT2D eigenvalue weighted by atomic mass is 10.0. The van der Waals surface area contributed by atoms with Crippen molar-refractivity contribution in [3.8, 4) is 11.3 Å². The number of amides is 1. The van der Waals surface area contributed by atoms with Crippen molar-refractivity contribution in [1.82, 2.24) is 19.3 Å². The van der Waals surface area contributed by atoms with Gasteiger partial charge in [0.25, 0.3) is 0 Å². The highest BCUT2D eigenvalue weighted by Crippen LogP contribution is 2.36. The van der Waals surface area contributed by atoms with Crippen LogP contribution in [-0.4, -0.2) is 52.0 Å². The lowest BCUT2D eigenvalue weighted by Crippen LogP contribution is -2.35. The van der Waals surface area contributed by atoms with E-state index in [1.807, 2.05) is 49.4 Å². The molecular weight excluding hydrogens is 538 g/mol. The van der Waals surface area contributed by atoms with E-state index in [4.69, 9.17) is 21.6 Å². The van der Waals surface area contributed by atoms with E-state index in [0.717, 1.165) is 11.1 Å². The molecule has 0 saturated carbocycles. The molecule has 4 rings (SSSR count). The third kappa shape index (κ3) is 6.19. The molecule has 4 aromatic rings. The number of hydrogen-bond acceptors (Lipinski definition) is 6. The lowest BCUT2D eigenvalue weighted by Gasteiger charge is -2.27. The summed E-state index contributed by atoms with van der Waals surface area (Å²) in [6.45, 7) is 6.10. The van der Waals surface area contributed by atoms with Gasteiger partial charge in [-0.2, -0.15) is 0 Å². The number of aromatic nitrogens is 3. The van der Waals surface area contributed by atoms with Crippen molar-refractivity contribution in [2.75, 3.05) is 18.4 Å². The van der Waals surface area contributed by atoms with Gasteiger partial charge in [-0.3, -0.25) is 5.32 Å². The first-order valence-corrected chi connectivity index (χ1v) is 14.6. The van der Waals surface area contributed by atoms with Crippen LogP contribution in [0.5, 0.6) is 0 Å². The number of halogens is 1. The summed E-state index contributed by atoms with van der Waals surface area (Å²) in [5, 5.41) is 11.2. The van der Waals surface area contributed by atoms with Crippen LogP contribution in [0.4, 0.5) is 10.6 Å². The minimum atomic E-state index is -3.89. The second-order valence-corrected chi connectivity index (χ2v) is 11.4. The van der Waals surface area contributed by atoms with Gasteiger partial charge in [0.1, 0.15) is 16.6 Å². The average Bonchev–Trinajstić information content (AvgIpc) is 2.92. The molecule has 0 aliphatic heterocycles. The molecule has 0 saturated heterocycles. The minimum Gasteiger partial charge on any atom is -0.465 e. The van der Waals surface area contributed by atoms with Crippen LogP contribution in [0.2, 0.25) is 5.02 Å². The molecular formula is C28H30ClN5O4S. The number of sulfonamides is 1. The first kappa shape index (κ1) is 28.4. The van der Waals surface area contributed by atoms with E-state index in [9.17, 15) is 18.3 Å². The van der Waals surface area contributed by atoms with Gasteiger partial charge in [0.2, 0.25) is 10.0 Å². The fraction of sp³-hybridized carbons (Fsp3) is 0.286. The summed E-state index contributed by atoms with van der Waals surface area (Å²) in [5.74, 6) is -0.0292. The molecule has 2 aromatic heterocycles. The second-order valence-electron chi connectivity index (χ2n) is 8.89. The van der Waals surface area contributed by atoms with Gasteiger partial charge in [-0.25, -0.2) is 32.5 Å². The summed E-state index contributed by atoms with van der Waals surface area (Å²) in [6, 6.07) is 17.9. The van der Waals surface area contributed by atoms with Crippen molar-refractivity contribution in [3.63, 3.8) is 0 Å². The van der Waals surface area contributed by atoms with Crippen LogP contribution < -0.4 is 5.32 Å². The van der Waals surface area contributed by atoms with Gasteiger partial charge in [-0.1, -0.05) is 74.8 Å². The molecule has 204 valence electrons. The van der Waals surface area contributed by atoms with Crippen molar-refractivity contribution < 1.29 is 18.3 Å². The fourth-order valence-electron chi connectivity index (χ4n) is 4.57. The van der Waals surface area contributed by atoms with Crippen LogP contribution in [0.25, 0.3) is 22.4 Å². The van der Waals surface area contributed by atoms with Crippen LogP contribution >= 0.6 is 11.6 Å². The molecule has 0 fully saturated rings. The molecule has 1 atom stereocenters. The Bertz CT molecular complexity index is 1580. The van der Waals surface area contributed by atoms with E-state index >= 15 is 0 Å². The van der Waals surface area contributed by atoms with Gasteiger partial charge in [-0.05, 0) is 36.6 Å². The van der Waals surface area contributed by atoms with Gasteiger partial charge in [-0.15, -0.1) is 0 Å². The van der Waals surface area contributed by atoms with Crippen molar-refractivity contribution >= 4 is 44.7 Å². The van der Waals surface area contributed by atoms with Crippen LogP contribution in [0.15, 0.2) is 60.7 Å². The zero-order valence-corrected chi connectivity index (χ0v) is 23.5. The van der Waals surface area contributed by atoms with Crippen molar-refractivity contribution in [2.24, 2.45) is 0 Å². The molecule has 11 heteroatoms. The molecule has 2 N–H and O–H groups in total. The van der Waals surface area contributed by atoms with E-state index in [0.29, 0.717) is 47.0 Å². The van der Waals surface area contributed by atoms with Gasteiger partial charge < -0.3 is 5.11 Å². The van der Waals surface area contributed by atoms with E-state index in [2.05, 4.69) is 10.3 Å². The number of anilines is 1. The maximum Gasteiger partial charge on any atom is 0.410 e. The zero-order chi connectivity index (χ0) is 28.2. The molecule has 0 aliphatic carbocycles. The largest absolute Gasteiger partial charge is 0.465 e. The van der Waals surface area contributed by atoms with Crippen LogP contribution in [0.3, 0.4) is 0 Å². The molecule has 2 aromatic carbocycles. The number of rotatable bonds is 10. The molecule has 1 unspecified atom stereocenters. The number of benzene rings is 2. The van der Waals surface area contributed by atoms with Crippen molar-refractivity contribution in [2.45, 2.75) is 38.9 Å². The summed E-state index contributed by atoms with van der Waals surface area (Å²) in [7, 11) is -3.89. The number of nitrogens with one attached hydrogen (secondary N) is 1. The number of pyridine rings is 1. The maximum absolute atomic E-state index is 14.1.